The minimum absolute atomic E-state index is 0.0537. The van der Waals surface area contributed by atoms with Crippen LogP contribution in [0, 0.1) is 11.6 Å². The molecular formula is C19H21F2NO3. The molecule has 6 heteroatoms. The molecule has 0 spiro atoms. The van der Waals surface area contributed by atoms with Crippen molar-refractivity contribution in [3.8, 4) is 11.5 Å². The van der Waals surface area contributed by atoms with Crippen LogP contribution in [0.25, 0.3) is 0 Å². The third-order valence-corrected chi connectivity index (χ3v) is 4.21. The summed E-state index contributed by atoms with van der Waals surface area (Å²) in [5.41, 5.74) is 0.791. The number of ether oxygens (including phenoxy) is 2. The zero-order valence-corrected chi connectivity index (χ0v) is 14.7. The Balaban J connectivity index is 2.21. The molecule has 2 aromatic carbocycles. The Morgan fingerprint density at radius 3 is 2.48 bits per heavy atom. The van der Waals surface area contributed by atoms with Gasteiger partial charge in [-0.3, -0.25) is 4.79 Å². The Morgan fingerprint density at radius 2 is 1.84 bits per heavy atom. The number of carbonyl (C=O) groups excluding carboxylic acids is 1. The first-order valence-electron chi connectivity index (χ1n) is 7.79. The van der Waals surface area contributed by atoms with E-state index >= 15 is 0 Å². The van der Waals surface area contributed by atoms with Crippen molar-refractivity contribution in [3.63, 3.8) is 0 Å². The van der Waals surface area contributed by atoms with Gasteiger partial charge < -0.3 is 14.4 Å². The lowest BCUT2D eigenvalue weighted by atomic mass is 10.0. The van der Waals surface area contributed by atoms with Gasteiger partial charge in [-0.05, 0) is 43.3 Å². The van der Waals surface area contributed by atoms with Crippen molar-refractivity contribution in [1.82, 2.24) is 4.90 Å². The van der Waals surface area contributed by atoms with Gasteiger partial charge in [0.15, 0.2) is 0 Å². The molecule has 2 rings (SSSR count). The minimum Gasteiger partial charge on any atom is -0.497 e. The normalized spacial score (nSPS) is 11.8. The molecule has 0 fully saturated rings. The molecule has 2 aromatic rings. The van der Waals surface area contributed by atoms with E-state index in [1.807, 2.05) is 0 Å². The molecule has 0 aliphatic heterocycles. The highest BCUT2D eigenvalue weighted by Gasteiger charge is 2.22. The van der Waals surface area contributed by atoms with Crippen LogP contribution in [0.4, 0.5) is 8.78 Å². The average molecular weight is 349 g/mol. The largest absolute Gasteiger partial charge is 0.497 e. The van der Waals surface area contributed by atoms with Crippen molar-refractivity contribution in [2.75, 3.05) is 21.3 Å². The van der Waals surface area contributed by atoms with Crippen LogP contribution >= 0.6 is 0 Å². The third-order valence-electron chi connectivity index (χ3n) is 4.21. The molecule has 0 aromatic heterocycles. The quantitative estimate of drug-likeness (QED) is 0.797. The average Bonchev–Trinajstić information content (AvgIpc) is 2.62. The Labute approximate surface area is 146 Å². The fourth-order valence-corrected chi connectivity index (χ4v) is 2.57. The van der Waals surface area contributed by atoms with Gasteiger partial charge in [0, 0.05) is 18.2 Å². The smallest absolute Gasteiger partial charge is 0.227 e. The van der Waals surface area contributed by atoms with Crippen LogP contribution < -0.4 is 9.47 Å². The molecule has 0 N–H and O–H groups in total. The van der Waals surface area contributed by atoms with Crippen molar-refractivity contribution in [2.24, 2.45) is 0 Å². The van der Waals surface area contributed by atoms with E-state index in [0.29, 0.717) is 17.1 Å². The minimum atomic E-state index is -0.611. The number of halogens is 2. The van der Waals surface area contributed by atoms with Crippen LogP contribution in [0.1, 0.15) is 24.1 Å². The van der Waals surface area contributed by atoms with Crippen LogP contribution in [0.15, 0.2) is 36.4 Å². The van der Waals surface area contributed by atoms with E-state index in [0.717, 1.165) is 18.2 Å². The van der Waals surface area contributed by atoms with Crippen molar-refractivity contribution in [2.45, 2.75) is 19.4 Å². The lowest BCUT2D eigenvalue weighted by Gasteiger charge is -2.26. The number of nitrogens with zero attached hydrogens (tertiary/aromatic N) is 1. The fraction of sp³-hybridized carbons (Fsp3) is 0.316. The molecular weight excluding hydrogens is 328 g/mol. The standard InChI is InChI=1S/C19H21F2NO3/c1-12(16-11-14(20)5-7-17(16)21)22(2)19(23)10-13-9-15(24-3)6-8-18(13)25-4/h5-9,11-12H,10H2,1-4H3. The van der Waals surface area contributed by atoms with E-state index in [4.69, 9.17) is 9.47 Å². The molecule has 0 saturated heterocycles. The number of hydrogen-bond donors (Lipinski definition) is 0. The summed E-state index contributed by atoms with van der Waals surface area (Å²) in [5, 5.41) is 0. The lowest BCUT2D eigenvalue weighted by molar-refractivity contribution is -0.131. The van der Waals surface area contributed by atoms with Gasteiger partial charge in [0.05, 0.1) is 26.7 Å². The highest BCUT2D eigenvalue weighted by Crippen LogP contribution is 2.27. The predicted molar refractivity (Wildman–Crippen MR) is 90.8 cm³/mol. The van der Waals surface area contributed by atoms with Crippen molar-refractivity contribution >= 4 is 5.91 Å². The van der Waals surface area contributed by atoms with E-state index in [-0.39, 0.29) is 17.9 Å². The lowest BCUT2D eigenvalue weighted by Crippen LogP contribution is -2.31. The fourth-order valence-electron chi connectivity index (χ4n) is 2.57. The number of rotatable bonds is 6. The molecule has 0 radical (unpaired) electrons. The molecule has 25 heavy (non-hydrogen) atoms. The van der Waals surface area contributed by atoms with E-state index < -0.39 is 17.7 Å². The first kappa shape index (κ1) is 18.7. The van der Waals surface area contributed by atoms with Crippen LogP contribution in [-0.2, 0) is 11.2 Å². The third kappa shape index (κ3) is 4.26. The molecule has 0 heterocycles. The van der Waals surface area contributed by atoms with Gasteiger partial charge in [0.1, 0.15) is 23.1 Å². The van der Waals surface area contributed by atoms with Crippen LogP contribution in [-0.4, -0.2) is 32.1 Å². The summed E-state index contributed by atoms with van der Waals surface area (Å²) in [6.45, 7) is 1.65. The van der Waals surface area contributed by atoms with Gasteiger partial charge in [-0.2, -0.15) is 0 Å². The van der Waals surface area contributed by atoms with Crippen molar-refractivity contribution in [3.05, 3.63) is 59.2 Å². The van der Waals surface area contributed by atoms with Gasteiger partial charge in [0.2, 0.25) is 5.91 Å². The van der Waals surface area contributed by atoms with Crippen LogP contribution in [0.3, 0.4) is 0 Å². The summed E-state index contributed by atoms with van der Waals surface area (Å²) < 4.78 is 37.8. The number of amides is 1. The van der Waals surface area contributed by atoms with Crippen LogP contribution in [0.2, 0.25) is 0 Å². The van der Waals surface area contributed by atoms with Gasteiger partial charge in [-0.25, -0.2) is 8.78 Å². The van der Waals surface area contributed by atoms with E-state index in [9.17, 15) is 13.6 Å². The van der Waals surface area contributed by atoms with E-state index in [1.54, 1.807) is 32.2 Å². The SMILES string of the molecule is COc1ccc(OC)c(CC(=O)N(C)C(C)c2cc(F)ccc2F)c1. The number of methoxy groups -OCH3 is 2. The summed E-state index contributed by atoms with van der Waals surface area (Å²) in [6.07, 6.45) is 0.0537. The van der Waals surface area contributed by atoms with Gasteiger partial charge in [0.25, 0.3) is 0 Å². The summed E-state index contributed by atoms with van der Waals surface area (Å²) in [6, 6.07) is 7.78. The second-order valence-electron chi connectivity index (χ2n) is 5.70. The highest BCUT2D eigenvalue weighted by atomic mass is 19.1. The maximum atomic E-state index is 13.9. The summed E-state index contributed by atoms with van der Waals surface area (Å²) >= 11 is 0. The first-order valence-corrected chi connectivity index (χ1v) is 7.79. The maximum Gasteiger partial charge on any atom is 0.227 e. The topological polar surface area (TPSA) is 38.8 Å². The number of carbonyl (C=O) groups is 1. The molecule has 4 nitrogen and oxygen atoms in total. The Morgan fingerprint density at radius 1 is 1.12 bits per heavy atom. The molecule has 0 aliphatic carbocycles. The molecule has 134 valence electrons. The second-order valence-corrected chi connectivity index (χ2v) is 5.70. The number of hydrogen-bond acceptors (Lipinski definition) is 3. The predicted octanol–water partition coefficient (Wildman–Crippen LogP) is 3.74. The van der Waals surface area contributed by atoms with E-state index in [1.165, 1.54) is 19.1 Å². The van der Waals surface area contributed by atoms with E-state index in [2.05, 4.69) is 0 Å². The molecule has 1 amide bonds. The second kappa shape index (κ2) is 7.96. The molecule has 0 aliphatic rings. The van der Waals surface area contributed by atoms with Crippen LogP contribution in [0.5, 0.6) is 11.5 Å². The zero-order valence-electron chi connectivity index (χ0n) is 14.7. The number of benzene rings is 2. The maximum absolute atomic E-state index is 13.9. The Kier molecular flexibility index (Phi) is 5.96. The molecule has 0 saturated carbocycles. The van der Waals surface area contributed by atoms with Gasteiger partial charge in [-0.1, -0.05) is 0 Å². The molecule has 0 bridgehead atoms. The van der Waals surface area contributed by atoms with Gasteiger partial charge >= 0.3 is 0 Å². The summed E-state index contributed by atoms with van der Waals surface area (Å²) in [4.78, 5) is 14.0. The first-order chi connectivity index (χ1) is 11.9. The molecule has 1 unspecified atom stereocenters. The summed E-state index contributed by atoms with van der Waals surface area (Å²) in [5.74, 6) is -0.170. The highest BCUT2D eigenvalue weighted by molar-refractivity contribution is 5.80. The zero-order chi connectivity index (χ0) is 18.6. The Bertz CT molecular complexity index is 764. The van der Waals surface area contributed by atoms with Gasteiger partial charge in [-0.15, -0.1) is 0 Å². The monoisotopic (exact) mass is 349 g/mol. The number of likely N-dealkylation sites (N-methyl/N-ethyl adjacent to an activating group) is 1. The van der Waals surface area contributed by atoms with Crippen molar-refractivity contribution < 1.29 is 23.0 Å². The van der Waals surface area contributed by atoms with Crippen molar-refractivity contribution in [1.29, 1.82) is 0 Å². The Hall–Kier alpha value is -2.63. The molecule has 1 atom stereocenters. The summed E-state index contributed by atoms with van der Waals surface area (Å²) in [7, 11) is 4.61.